The molecule has 0 saturated heterocycles. The Morgan fingerprint density at radius 1 is 1.33 bits per heavy atom. The Hall–Kier alpha value is -0.500. The summed E-state index contributed by atoms with van der Waals surface area (Å²) in [5, 5.41) is 3.34. The van der Waals surface area contributed by atoms with Crippen LogP contribution in [-0.2, 0) is 0 Å². The monoisotopic (exact) mass is 425 g/mol. The number of rotatable bonds is 7. The van der Waals surface area contributed by atoms with E-state index in [0.717, 1.165) is 29.7 Å². The zero-order chi connectivity index (χ0) is 14.8. The Labute approximate surface area is 148 Å². The number of guanidine groups is 1. The summed E-state index contributed by atoms with van der Waals surface area (Å²) in [7, 11) is 3.86. The van der Waals surface area contributed by atoms with Crippen LogP contribution in [0.4, 0.5) is 4.39 Å². The topological polar surface area (TPSA) is 27.6 Å². The fourth-order valence-corrected chi connectivity index (χ4v) is 2.52. The fourth-order valence-electron chi connectivity index (χ4n) is 1.75. The maximum atomic E-state index is 12.8. The third kappa shape index (κ3) is 8.50. The minimum absolute atomic E-state index is 0. The van der Waals surface area contributed by atoms with Gasteiger partial charge in [0, 0.05) is 37.8 Å². The van der Waals surface area contributed by atoms with E-state index in [-0.39, 0.29) is 29.8 Å². The van der Waals surface area contributed by atoms with Crippen molar-refractivity contribution in [2.24, 2.45) is 4.99 Å². The van der Waals surface area contributed by atoms with Crippen molar-refractivity contribution >= 4 is 41.7 Å². The van der Waals surface area contributed by atoms with Gasteiger partial charge in [-0.25, -0.2) is 4.39 Å². The number of halogens is 2. The molecule has 0 aliphatic carbocycles. The van der Waals surface area contributed by atoms with E-state index >= 15 is 0 Å². The maximum absolute atomic E-state index is 12.8. The van der Waals surface area contributed by atoms with Crippen molar-refractivity contribution in [2.75, 3.05) is 32.9 Å². The molecule has 0 aliphatic heterocycles. The third-order valence-electron chi connectivity index (χ3n) is 2.89. The summed E-state index contributed by atoms with van der Waals surface area (Å²) in [6.07, 6.45) is 2.35. The number of unbranched alkanes of at least 4 members (excludes halogenated alkanes) is 1. The SMILES string of the molecule is CCCCN(C)C(=NC)NCCSc1ccc(F)cc1.I. The van der Waals surface area contributed by atoms with E-state index in [1.165, 1.54) is 25.0 Å². The van der Waals surface area contributed by atoms with E-state index in [1.807, 2.05) is 12.1 Å². The van der Waals surface area contributed by atoms with Crippen molar-refractivity contribution in [3.63, 3.8) is 0 Å². The molecule has 0 spiro atoms. The quantitative estimate of drug-likeness (QED) is 0.237. The van der Waals surface area contributed by atoms with Gasteiger partial charge >= 0.3 is 0 Å². The minimum atomic E-state index is -0.189. The minimum Gasteiger partial charge on any atom is -0.355 e. The van der Waals surface area contributed by atoms with Gasteiger partial charge in [0.15, 0.2) is 5.96 Å². The first kappa shape index (κ1) is 20.5. The molecule has 0 aromatic heterocycles. The number of hydrogen-bond donors (Lipinski definition) is 1. The largest absolute Gasteiger partial charge is 0.355 e. The van der Waals surface area contributed by atoms with Gasteiger partial charge in [0.2, 0.25) is 0 Å². The van der Waals surface area contributed by atoms with Gasteiger partial charge in [0.05, 0.1) is 0 Å². The lowest BCUT2D eigenvalue weighted by Crippen LogP contribution is -2.40. The van der Waals surface area contributed by atoms with Gasteiger partial charge in [-0.3, -0.25) is 4.99 Å². The van der Waals surface area contributed by atoms with Crippen molar-refractivity contribution in [3.05, 3.63) is 30.1 Å². The number of nitrogens with zero attached hydrogens (tertiary/aromatic N) is 2. The van der Waals surface area contributed by atoms with Crippen LogP contribution in [0, 0.1) is 5.82 Å². The van der Waals surface area contributed by atoms with E-state index in [4.69, 9.17) is 0 Å². The van der Waals surface area contributed by atoms with E-state index in [1.54, 1.807) is 18.8 Å². The number of aliphatic imine (C=N–C) groups is 1. The predicted molar refractivity (Wildman–Crippen MR) is 101 cm³/mol. The molecular formula is C15H25FIN3S. The molecule has 0 radical (unpaired) electrons. The second kappa shape index (κ2) is 12.1. The summed E-state index contributed by atoms with van der Waals surface area (Å²) in [5.41, 5.74) is 0. The average molecular weight is 425 g/mol. The first-order valence-electron chi connectivity index (χ1n) is 6.97. The predicted octanol–water partition coefficient (Wildman–Crippen LogP) is 3.84. The zero-order valence-corrected chi connectivity index (χ0v) is 16.1. The van der Waals surface area contributed by atoms with Gasteiger partial charge in [0.1, 0.15) is 5.82 Å². The fraction of sp³-hybridized carbons (Fsp3) is 0.533. The number of benzene rings is 1. The molecule has 1 aromatic carbocycles. The molecule has 120 valence electrons. The molecular weight excluding hydrogens is 400 g/mol. The van der Waals surface area contributed by atoms with Gasteiger partial charge in [0.25, 0.3) is 0 Å². The molecule has 0 heterocycles. The Kier molecular flexibility index (Phi) is 11.8. The van der Waals surface area contributed by atoms with Gasteiger partial charge in [-0.05, 0) is 30.7 Å². The van der Waals surface area contributed by atoms with Gasteiger partial charge in [-0.2, -0.15) is 0 Å². The molecule has 21 heavy (non-hydrogen) atoms. The summed E-state index contributed by atoms with van der Waals surface area (Å²) in [6.45, 7) is 4.04. The summed E-state index contributed by atoms with van der Waals surface area (Å²) < 4.78 is 12.8. The van der Waals surface area contributed by atoms with Crippen LogP contribution < -0.4 is 5.32 Å². The van der Waals surface area contributed by atoms with Crippen molar-refractivity contribution in [2.45, 2.75) is 24.7 Å². The highest BCUT2D eigenvalue weighted by atomic mass is 127. The standard InChI is InChI=1S/C15H24FN3S.HI/c1-4-5-11-19(3)15(17-2)18-10-12-20-14-8-6-13(16)7-9-14;/h6-9H,4-5,10-12H2,1-3H3,(H,17,18);1H. The lowest BCUT2D eigenvalue weighted by Gasteiger charge is -2.21. The van der Waals surface area contributed by atoms with Gasteiger partial charge < -0.3 is 10.2 Å². The van der Waals surface area contributed by atoms with Crippen LogP contribution in [0.2, 0.25) is 0 Å². The second-order valence-corrected chi connectivity index (χ2v) is 5.72. The zero-order valence-electron chi connectivity index (χ0n) is 12.9. The molecule has 3 nitrogen and oxygen atoms in total. The van der Waals surface area contributed by atoms with Crippen LogP contribution >= 0.6 is 35.7 Å². The Bertz CT molecular complexity index is 412. The first-order valence-corrected chi connectivity index (χ1v) is 7.96. The van der Waals surface area contributed by atoms with Crippen LogP contribution in [0.15, 0.2) is 34.2 Å². The smallest absolute Gasteiger partial charge is 0.193 e. The number of hydrogen-bond acceptors (Lipinski definition) is 2. The molecule has 0 unspecified atom stereocenters. The summed E-state index contributed by atoms with van der Waals surface area (Å²) in [6, 6.07) is 6.60. The van der Waals surface area contributed by atoms with E-state index in [9.17, 15) is 4.39 Å². The van der Waals surface area contributed by atoms with Crippen LogP contribution in [-0.4, -0.2) is 43.8 Å². The van der Waals surface area contributed by atoms with Crippen LogP contribution in [0.5, 0.6) is 0 Å². The lowest BCUT2D eigenvalue weighted by atomic mass is 10.3. The second-order valence-electron chi connectivity index (χ2n) is 4.55. The molecule has 1 rings (SSSR count). The van der Waals surface area contributed by atoms with Gasteiger partial charge in [-0.1, -0.05) is 13.3 Å². The van der Waals surface area contributed by atoms with Crippen molar-refractivity contribution < 1.29 is 4.39 Å². The molecule has 1 aromatic rings. The molecule has 0 aliphatic rings. The molecule has 6 heteroatoms. The summed E-state index contributed by atoms with van der Waals surface area (Å²) >= 11 is 1.71. The Morgan fingerprint density at radius 2 is 2.00 bits per heavy atom. The van der Waals surface area contributed by atoms with Crippen molar-refractivity contribution in [1.29, 1.82) is 0 Å². The molecule has 0 bridgehead atoms. The average Bonchev–Trinajstić information content (AvgIpc) is 2.46. The van der Waals surface area contributed by atoms with Crippen molar-refractivity contribution in [3.8, 4) is 0 Å². The highest BCUT2D eigenvalue weighted by Crippen LogP contribution is 2.17. The summed E-state index contributed by atoms with van der Waals surface area (Å²) in [4.78, 5) is 7.50. The maximum Gasteiger partial charge on any atom is 0.193 e. The third-order valence-corrected chi connectivity index (χ3v) is 3.90. The first-order chi connectivity index (χ1) is 9.67. The van der Waals surface area contributed by atoms with Crippen LogP contribution in [0.1, 0.15) is 19.8 Å². The summed E-state index contributed by atoms with van der Waals surface area (Å²) in [5.74, 6) is 1.66. The van der Waals surface area contributed by atoms with E-state index in [0.29, 0.717) is 0 Å². The van der Waals surface area contributed by atoms with E-state index < -0.39 is 0 Å². The van der Waals surface area contributed by atoms with Crippen LogP contribution in [0.3, 0.4) is 0 Å². The van der Waals surface area contributed by atoms with E-state index in [2.05, 4.69) is 29.2 Å². The number of nitrogens with one attached hydrogen (secondary N) is 1. The lowest BCUT2D eigenvalue weighted by molar-refractivity contribution is 0.467. The molecule has 0 amide bonds. The highest BCUT2D eigenvalue weighted by Gasteiger charge is 2.04. The molecule has 0 fully saturated rings. The normalized spacial score (nSPS) is 11.0. The number of thioether (sulfide) groups is 1. The van der Waals surface area contributed by atoms with Crippen LogP contribution in [0.25, 0.3) is 0 Å². The van der Waals surface area contributed by atoms with Gasteiger partial charge in [-0.15, -0.1) is 35.7 Å². The highest BCUT2D eigenvalue weighted by molar-refractivity contribution is 14.0. The Morgan fingerprint density at radius 3 is 2.57 bits per heavy atom. The Balaban J connectivity index is 0.00000400. The molecule has 1 N–H and O–H groups in total. The van der Waals surface area contributed by atoms with Crippen molar-refractivity contribution in [1.82, 2.24) is 10.2 Å². The molecule has 0 atom stereocenters. The molecule has 0 saturated carbocycles.